The highest BCUT2D eigenvalue weighted by Gasteiger charge is 1.95. The minimum absolute atomic E-state index is 0. The summed E-state index contributed by atoms with van der Waals surface area (Å²) in [5.74, 6) is 0. The third-order valence-corrected chi connectivity index (χ3v) is 2.14. The van der Waals surface area contributed by atoms with Crippen molar-refractivity contribution in [3.63, 3.8) is 0 Å². The Kier molecular flexibility index (Phi) is 5.42. The number of azide groups is 1. The summed E-state index contributed by atoms with van der Waals surface area (Å²) in [6.45, 7) is 4.72. The number of hydrogen-bond donors (Lipinski definition) is 0. The van der Waals surface area contributed by atoms with Gasteiger partial charge in [0.15, 0.2) is 0 Å². The SMILES string of the molecule is C.Cc1ccc(CCN=[N+]=[N-])cc1C. The largest absolute Gasteiger partial charge is 0.0936 e. The predicted octanol–water partition coefficient (Wildman–Crippen LogP) is 3.79. The zero-order valence-corrected chi connectivity index (χ0v) is 7.99. The first-order valence-electron chi connectivity index (χ1n) is 4.31. The van der Waals surface area contributed by atoms with E-state index in [1.807, 2.05) is 0 Å². The second-order valence-electron chi connectivity index (χ2n) is 3.12. The van der Waals surface area contributed by atoms with E-state index >= 15 is 0 Å². The van der Waals surface area contributed by atoms with Gasteiger partial charge < -0.3 is 0 Å². The van der Waals surface area contributed by atoms with E-state index in [2.05, 4.69) is 42.1 Å². The molecule has 0 aliphatic carbocycles. The van der Waals surface area contributed by atoms with Gasteiger partial charge in [0, 0.05) is 11.5 Å². The Bertz CT molecular complexity index is 338. The molecule has 0 amide bonds. The number of nitrogens with zero attached hydrogens (tertiary/aromatic N) is 3. The van der Waals surface area contributed by atoms with Crippen molar-refractivity contribution in [1.29, 1.82) is 0 Å². The smallest absolute Gasteiger partial charge is 0.0298 e. The van der Waals surface area contributed by atoms with Crippen LogP contribution in [0.4, 0.5) is 0 Å². The standard InChI is InChI=1S/C10H13N3.CH4/c1-8-3-4-10(7-9(8)2)5-6-12-13-11;/h3-4,7H,5-6H2,1-2H3;1H4. The van der Waals surface area contributed by atoms with E-state index in [0.29, 0.717) is 6.54 Å². The van der Waals surface area contributed by atoms with Crippen LogP contribution in [0, 0.1) is 13.8 Å². The number of rotatable bonds is 3. The van der Waals surface area contributed by atoms with E-state index in [1.165, 1.54) is 16.7 Å². The van der Waals surface area contributed by atoms with Crippen molar-refractivity contribution in [2.75, 3.05) is 6.54 Å². The lowest BCUT2D eigenvalue weighted by molar-refractivity contribution is 0.953. The maximum Gasteiger partial charge on any atom is 0.0298 e. The van der Waals surface area contributed by atoms with Crippen LogP contribution in [0.25, 0.3) is 10.4 Å². The molecule has 1 aromatic rings. The maximum atomic E-state index is 8.10. The summed E-state index contributed by atoms with van der Waals surface area (Å²) < 4.78 is 0. The van der Waals surface area contributed by atoms with E-state index in [-0.39, 0.29) is 7.43 Å². The molecule has 0 bridgehead atoms. The molecule has 0 N–H and O–H groups in total. The van der Waals surface area contributed by atoms with Crippen LogP contribution in [0.1, 0.15) is 24.1 Å². The quantitative estimate of drug-likeness (QED) is 0.396. The Balaban J connectivity index is 0.00000169. The van der Waals surface area contributed by atoms with Crippen molar-refractivity contribution in [2.45, 2.75) is 27.7 Å². The topological polar surface area (TPSA) is 48.8 Å². The second-order valence-corrected chi connectivity index (χ2v) is 3.12. The summed E-state index contributed by atoms with van der Waals surface area (Å²) in [6.07, 6.45) is 0.825. The van der Waals surface area contributed by atoms with Gasteiger partial charge in [0.05, 0.1) is 0 Å². The van der Waals surface area contributed by atoms with Crippen LogP contribution in [0.5, 0.6) is 0 Å². The zero-order chi connectivity index (χ0) is 9.68. The number of aryl methyl sites for hydroxylation is 2. The van der Waals surface area contributed by atoms with Crippen LogP contribution in [0.2, 0.25) is 0 Å². The lowest BCUT2D eigenvalue weighted by atomic mass is 10.0. The minimum Gasteiger partial charge on any atom is -0.0936 e. The zero-order valence-electron chi connectivity index (χ0n) is 7.99. The van der Waals surface area contributed by atoms with Gasteiger partial charge in [-0.1, -0.05) is 30.7 Å². The lowest BCUT2D eigenvalue weighted by Crippen LogP contribution is -1.90. The summed E-state index contributed by atoms with van der Waals surface area (Å²) >= 11 is 0. The van der Waals surface area contributed by atoms with Crippen molar-refractivity contribution in [2.24, 2.45) is 5.11 Å². The number of benzene rings is 1. The molecule has 0 radical (unpaired) electrons. The first-order chi connectivity index (χ1) is 6.24. The summed E-state index contributed by atoms with van der Waals surface area (Å²) in [6, 6.07) is 6.32. The highest BCUT2D eigenvalue weighted by atomic mass is 15.1. The Hall–Kier alpha value is -1.47. The minimum atomic E-state index is 0. The van der Waals surface area contributed by atoms with Gasteiger partial charge >= 0.3 is 0 Å². The van der Waals surface area contributed by atoms with Gasteiger partial charge in [0.1, 0.15) is 0 Å². The van der Waals surface area contributed by atoms with Crippen molar-refractivity contribution < 1.29 is 0 Å². The van der Waals surface area contributed by atoms with Crippen molar-refractivity contribution in [3.8, 4) is 0 Å². The molecule has 0 aliphatic heterocycles. The van der Waals surface area contributed by atoms with E-state index < -0.39 is 0 Å². The van der Waals surface area contributed by atoms with Gasteiger partial charge in [0.25, 0.3) is 0 Å². The Morgan fingerprint density at radius 3 is 2.57 bits per heavy atom. The van der Waals surface area contributed by atoms with Gasteiger partial charge in [-0.05, 0) is 42.5 Å². The molecule has 0 unspecified atom stereocenters. The van der Waals surface area contributed by atoms with E-state index in [4.69, 9.17) is 5.53 Å². The third kappa shape index (κ3) is 3.50. The van der Waals surface area contributed by atoms with Crippen LogP contribution >= 0.6 is 0 Å². The third-order valence-electron chi connectivity index (χ3n) is 2.14. The fraction of sp³-hybridized carbons (Fsp3) is 0.455. The average Bonchev–Trinajstić information content (AvgIpc) is 2.12. The van der Waals surface area contributed by atoms with E-state index in [1.54, 1.807) is 0 Å². The second kappa shape index (κ2) is 6.06. The van der Waals surface area contributed by atoms with Crippen molar-refractivity contribution >= 4 is 0 Å². The monoisotopic (exact) mass is 191 g/mol. The molecule has 1 aromatic carbocycles. The lowest BCUT2D eigenvalue weighted by Gasteiger charge is -2.02. The van der Waals surface area contributed by atoms with Crippen molar-refractivity contribution in [1.82, 2.24) is 0 Å². The Labute approximate surface area is 85.4 Å². The molecule has 0 atom stereocenters. The molecule has 0 spiro atoms. The van der Waals surface area contributed by atoms with Gasteiger partial charge in [-0.2, -0.15) is 0 Å². The van der Waals surface area contributed by atoms with Crippen LogP contribution in [-0.4, -0.2) is 6.54 Å². The Morgan fingerprint density at radius 2 is 2.00 bits per heavy atom. The Morgan fingerprint density at radius 1 is 1.29 bits per heavy atom. The fourth-order valence-corrected chi connectivity index (χ4v) is 1.18. The molecular weight excluding hydrogens is 174 g/mol. The molecule has 76 valence electrons. The summed E-state index contributed by atoms with van der Waals surface area (Å²) in [7, 11) is 0. The summed E-state index contributed by atoms with van der Waals surface area (Å²) in [4.78, 5) is 2.72. The average molecular weight is 191 g/mol. The summed E-state index contributed by atoms with van der Waals surface area (Å²) in [5.41, 5.74) is 11.9. The normalized spacial score (nSPS) is 8.71. The molecule has 0 fully saturated rings. The molecular formula is C11H17N3. The van der Waals surface area contributed by atoms with E-state index in [0.717, 1.165) is 6.42 Å². The molecule has 0 saturated carbocycles. The fourth-order valence-electron chi connectivity index (χ4n) is 1.18. The van der Waals surface area contributed by atoms with Crippen LogP contribution in [-0.2, 0) is 6.42 Å². The molecule has 0 aromatic heterocycles. The highest BCUT2D eigenvalue weighted by molar-refractivity contribution is 5.29. The molecule has 3 nitrogen and oxygen atoms in total. The van der Waals surface area contributed by atoms with Gasteiger partial charge in [0.2, 0.25) is 0 Å². The molecule has 3 heteroatoms. The first-order valence-corrected chi connectivity index (χ1v) is 4.31. The van der Waals surface area contributed by atoms with E-state index in [9.17, 15) is 0 Å². The number of hydrogen-bond acceptors (Lipinski definition) is 1. The van der Waals surface area contributed by atoms with Crippen LogP contribution in [0.15, 0.2) is 23.3 Å². The highest BCUT2D eigenvalue weighted by Crippen LogP contribution is 2.10. The predicted molar refractivity (Wildman–Crippen MR) is 60.4 cm³/mol. The maximum absolute atomic E-state index is 8.10. The molecule has 14 heavy (non-hydrogen) atoms. The molecule has 1 rings (SSSR count). The van der Waals surface area contributed by atoms with Crippen LogP contribution < -0.4 is 0 Å². The molecule has 0 aliphatic rings. The van der Waals surface area contributed by atoms with Gasteiger partial charge in [-0.15, -0.1) is 0 Å². The van der Waals surface area contributed by atoms with Gasteiger partial charge in [-0.25, -0.2) is 0 Å². The molecule has 0 heterocycles. The van der Waals surface area contributed by atoms with Gasteiger partial charge in [-0.3, -0.25) is 0 Å². The van der Waals surface area contributed by atoms with Crippen LogP contribution in [0.3, 0.4) is 0 Å². The van der Waals surface area contributed by atoms with Crippen molar-refractivity contribution in [3.05, 3.63) is 45.3 Å². The summed E-state index contributed by atoms with van der Waals surface area (Å²) in [5, 5.41) is 3.50. The first kappa shape index (κ1) is 12.5. The molecule has 0 saturated heterocycles.